The zero-order chi connectivity index (χ0) is 17.8. The molecule has 1 aromatic carbocycles. The number of carbonyl (C=O) groups excluding carboxylic acids is 2. The quantitative estimate of drug-likeness (QED) is 0.861. The molecule has 136 valence electrons. The molecular formula is C20H28N2O3. The van der Waals surface area contributed by atoms with E-state index in [-0.39, 0.29) is 36.7 Å². The van der Waals surface area contributed by atoms with Crippen molar-refractivity contribution in [3.63, 3.8) is 0 Å². The molecule has 0 aliphatic carbocycles. The summed E-state index contributed by atoms with van der Waals surface area (Å²) in [4.78, 5) is 28.6. The molecule has 0 saturated carbocycles. The van der Waals surface area contributed by atoms with Gasteiger partial charge in [-0.2, -0.15) is 0 Å². The Hall–Kier alpha value is -1.88. The Kier molecular flexibility index (Phi) is 5.74. The maximum absolute atomic E-state index is 12.7. The summed E-state index contributed by atoms with van der Waals surface area (Å²) in [6.07, 6.45) is 4.54. The van der Waals surface area contributed by atoms with E-state index in [2.05, 4.69) is 19.1 Å². The first-order valence-corrected chi connectivity index (χ1v) is 9.41. The molecule has 1 N–H and O–H groups in total. The minimum Gasteiger partial charge on any atom is -0.396 e. The van der Waals surface area contributed by atoms with E-state index < -0.39 is 0 Å². The number of hydrogen-bond acceptors (Lipinski definition) is 3. The number of anilines is 1. The molecule has 3 rings (SSSR count). The summed E-state index contributed by atoms with van der Waals surface area (Å²) in [6.45, 7) is 4.08. The maximum Gasteiger partial charge on any atom is 0.228 e. The van der Waals surface area contributed by atoms with Crippen molar-refractivity contribution in [2.45, 2.75) is 39.0 Å². The number of carbonyl (C=O) groups is 2. The Labute approximate surface area is 149 Å². The highest BCUT2D eigenvalue weighted by Gasteiger charge is 2.38. The zero-order valence-corrected chi connectivity index (χ0v) is 15.0. The Morgan fingerprint density at radius 2 is 2.00 bits per heavy atom. The minimum atomic E-state index is -0.260. The molecule has 25 heavy (non-hydrogen) atoms. The highest BCUT2D eigenvalue weighted by molar-refractivity contribution is 6.00. The molecule has 0 bridgehead atoms. The Bertz CT molecular complexity index is 614. The van der Waals surface area contributed by atoms with Crippen LogP contribution in [0, 0.1) is 11.8 Å². The topological polar surface area (TPSA) is 60.9 Å². The molecular weight excluding hydrogens is 316 g/mol. The monoisotopic (exact) mass is 344 g/mol. The smallest absolute Gasteiger partial charge is 0.228 e. The first-order chi connectivity index (χ1) is 12.1. The molecule has 0 spiro atoms. The van der Waals surface area contributed by atoms with E-state index in [1.165, 1.54) is 18.4 Å². The van der Waals surface area contributed by atoms with E-state index >= 15 is 0 Å². The van der Waals surface area contributed by atoms with Gasteiger partial charge in [0.1, 0.15) is 0 Å². The van der Waals surface area contributed by atoms with Gasteiger partial charge in [-0.15, -0.1) is 0 Å². The van der Waals surface area contributed by atoms with Crippen LogP contribution in [0.1, 0.15) is 38.2 Å². The van der Waals surface area contributed by atoms with Gasteiger partial charge in [0.25, 0.3) is 0 Å². The van der Waals surface area contributed by atoms with E-state index in [9.17, 15) is 14.7 Å². The lowest BCUT2D eigenvalue weighted by Crippen LogP contribution is -2.36. The number of aryl methyl sites for hydroxylation is 1. The van der Waals surface area contributed by atoms with Crippen molar-refractivity contribution in [2.24, 2.45) is 11.8 Å². The lowest BCUT2D eigenvalue weighted by Gasteiger charge is -2.21. The van der Waals surface area contributed by atoms with Crippen LogP contribution in [0.5, 0.6) is 0 Å². The number of benzene rings is 1. The standard InChI is InChI=1S/C20H28N2O3/c1-2-3-4-15-5-7-18(8-6-15)22-13-17(11-19(22)24)20(25)21-10-9-16(12-21)14-23/h5-8,16-17,23H,2-4,9-14H2,1H3. The molecule has 1 aromatic rings. The van der Waals surface area contributed by atoms with Crippen molar-refractivity contribution in [1.82, 2.24) is 4.90 Å². The molecule has 2 amide bonds. The third-order valence-electron chi connectivity index (χ3n) is 5.40. The fourth-order valence-corrected chi connectivity index (χ4v) is 3.79. The lowest BCUT2D eigenvalue weighted by molar-refractivity contribution is -0.134. The average molecular weight is 344 g/mol. The number of hydrogen-bond donors (Lipinski definition) is 1. The molecule has 2 saturated heterocycles. The average Bonchev–Trinajstić information content (AvgIpc) is 3.26. The van der Waals surface area contributed by atoms with Gasteiger partial charge in [0, 0.05) is 44.3 Å². The SMILES string of the molecule is CCCCc1ccc(N2CC(C(=O)N3CCC(CO)C3)CC2=O)cc1. The largest absolute Gasteiger partial charge is 0.396 e. The lowest BCUT2D eigenvalue weighted by atomic mass is 10.1. The summed E-state index contributed by atoms with van der Waals surface area (Å²) < 4.78 is 0. The van der Waals surface area contributed by atoms with Gasteiger partial charge in [0.15, 0.2) is 0 Å². The summed E-state index contributed by atoms with van der Waals surface area (Å²) in [7, 11) is 0. The third kappa shape index (κ3) is 4.03. The third-order valence-corrected chi connectivity index (χ3v) is 5.40. The summed E-state index contributed by atoms with van der Waals surface area (Å²) >= 11 is 0. The molecule has 2 aliphatic rings. The van der Waals surface area contributed by atoms with Crippen molar-refractivity contribution in [3.05, 3.63) is 29.8 Å². The summed E-state index contributed by atoms with van der Waals surface area (Å²) in [5.41, 5.74) is 2.17. The zero-order valence-electron chi connectivity index (χ0n) is 15.0. The molecule has 2 unspecified atom stereocenters. The van der Waals surface area contributed by atoms with E-state index in [0.717, 1.165) is 18.5 Å². The first kappa shape index (κ1) is 17.9. The predicted octanol–water partition coefficient (Wildman–Crippen LogP) is 2.22. The van der Waals surface area contributed by atoms with Gasteiger partial charge in [-0.05, 0) is 37.0 Å². The van der Waals surface area contributed by atoms with E-state index in [0.29, 0.717) is 19.6 Å². The number of nitrogens with zero attached hydrogens (tertiary/aromatic N) is 2. The molecule has 0 aromatic heterocycles. The van der Waals surface area contributed by atoms with Crippen LogP contribution in [0.2, 0.25) is 0 Å². The normalized spacial score (nSPS) is 23.5. The van der Waals surface area contributed by atoms with Crippen LogP contribution in [0.25, 0.3) is 0 Å². The Morgan fingerprint density at radius 1 is 1.24 bits per heavy atom. The molecule has 2 atom stereocenters. The van der Waals surface area contributed by atoms with Gasteiger partial charge in [0.2, 0.25) is 11.8 Å². The van der Waals surface area contributed by atoms with Gasteiger partial charge in [0.05, 0.1) is 5.92 Å². The summed E-state index contributed by atoms with van der Waals surface area (Å²) in [5.74, 6) is 0.0152. The highest BCUT2D eigenvalue weighted by atomic mass is 16.3. The van der Waals surface area contributed by atoms with E-state index in [1.807, 2.05) is 17.0 Å². The fourth-order valence-electron chi connectivity index (χ4n) is 3.79. The molecule has 0 radical (unpaired) electrons. The summed E-state index contributed by atoms with van der Waals surface area (Å²) in [6, 6.07) is 8.15. The van der Waals surface area contributed by atoms with Crippen molar-refractivity contribution >= 4 is 17.5 Å². The number of aliphatic hydroxyl groups excluding tert-OH is 1. The number of unbranched alkanes of at least 4 members (excludes halogenated alkanes) is 1. The van der Waals surface area contributed by atoms with Gasteiger partial charge in [-0.3, -0.25) is 9.59 Å². The Balaban J connectivity index is 1.61. The first-order valence-electron chi connectivity index (χ1n) is 9.41. The van der Waals surface area contributed by atoms with Crippen LogP contribution >= 0.6 is 0 Å². The van der Waals surface area contributed by atoms with Crippen LogP contribution in [-0.4, -0.2) is 48.1 Å². The van der Waals surface area contributed by atoms with Gasteiger partial charge in [-0.1, -0.05) is 25.5 Å². The second-order valence-corrected chi connectivity index (χ2v) is 7.30. The maximum atomic E-state index is 12.7. The van der Waals surface area contributed by atoms with E-state index in [4.69, 9.17) is 0 Å². The predicted molar refractivity (Wildman–Crippen MR) is 97.3 cm³/mol. The molecule has 2 aliphatic heterocycles. The van der Waals surface area contributed by atoms with Crippen LogP contribution in [0.3, 0.4) is 0 Å². The van der Waals surface area contributed by atoms with Crippen molar-refractivity contribution in [3.8, 4) is 0 Å². The van der Waals surface area contributed by atoms with Crippen LogP contribution < -0.4 is 4.90 Å². The van der Waals surface area contributed by atoms with E-state index in [1.54, 1.807) is 4.90 Å². The number of rotatable bonds is 6. The van der Waals surface area contributed by atoms with Crippen LogP contribution in [0.4, 0.5) is 5.69 Å². The molecule has 2 heterocycles. The number of likely N-dealkylation sites (tertiary alicyclic amines) is 1. The minimum absolute atomic E-state index is 0.0255. The molecule has 2 fully saturated rings. The van der Waals surface area contributed by atoms with Gasteiger partial charge in [-0.25, -0.2) is 0 Å². The Morgan fingerprint density at radius 3 is 2.64 bits per heavy atom. The fraction of sp³-hybridized carbons (Fsp3) is 0.600. The van der Waals surface area contributed by atoms with Crippen molar-refractivity contribution in [1.29, 1.82) is 0 Å². The van der Waals surface area contributed by atoms with Crippen LogP contribution in [-0.2, 0) is 16.0 Å². The highest BCUT2D eigenvalue weighted by Crippen LogP contribution is 2.28. The van der Waals surface area contributed by atoms with Crippen molar-refractivity contribution in [2.75, 3.05) is 31.1 Å². The number of aliphatic hydroxyl groups is 1. The second-order valence-electron chi connectivity index (χ2n) is 7.30. The van der Waals surface area contributed by atoms with Crippen LogP contribution in [0.15, 0.2) is 24.3 Å². The molecule has 5 nitrogen and oxygen atoms in total. The second kappa shape index (κ2) is 8.00. The molecule has 5 heteroatoms. The summed E-state index contributed by atoms with van der Waals surface area (Å²) in [5, 5.41) is 9.24. The van der Waals surface area contributed by atoms with Gasteiger partial charge < -0.3 is 14.9 Å². The van der Waals surface area contributed by atoms with Gasteiger partial charge >= 0.3 is 0 Å². The van der Waals surface area contributed by atoms with Crippen molar-refractivity contribution < 1.29 is 14.7 Å². The number of amides is 2.